The van der Waals surface area contributed by atoms with E-state index in [1.165, 1.54) is 45.1 Å². The summed E-state index contributed by atoms with van der Waals surface area (Å²) in [7, 11) is 0. The highest BCUT2D eigenvalue weighted by atomic mass is 32.2. The number of thioether (sulfide) groups is 1. The van der Waals surface area contributed by atoms with E-state index >= 15 is 0 Å². The van der Waals surface area contributed by atoms with Crippen LogP contribution in [-0.2, 0) is 0 Å². The summed E-state index contributed by atoms with van der Waals surface area (Å²) in [6.07, 6.45) is 10.7. The van der Waals surface area contributed by atoms with Gasteiger partial charge in [-0.3, -0.25) is 4.90 Å². The molecule has 2 aliphatic rings. The van der Waals surface area contributed by atoms with Crippen molar-refractivity contribution in [2.24, 2.45) is 0 Å². The fraction of sp³-hybridized carbons (Fsp3) is 1.00. The highest BCUT2D eigenvalue weighted by molar-refractivity contribution is 7.99. The van der Waals surface area contributed by atoms with Gasteiger partial charge in [0.25, 0.3) is 0 Å². The molecule has 0 aromatic carbocycles. The molecular weight excluding hydrogens is 240 g/mol. The quantitative estimate of drug-likeness (QED) is 0.845. The summed E-state index contributed by atoms with van der Waals surface area (Å²) in [5.41, 5.74) is 0. The summed E-state index contributed by atoms with van der Waals surface area (Å²) in [5, 5.41) is 4.52. The van der Waals surface area contributed by atoms with Crippen molar-refractivity contribution in [3.8, 4) is 0 Å². The Morgan fingerprint density at radius 2 is 2.00 bits per heavy atom. The van der Waals surface area contributed by atoms with E-state index in [9.17, 15) is 0 Å². The first-order valence-electron chi connectivity index (χ1n) is 7.78. The summed E-state index contributed by atoms with van der Waals surface area (Å²) >= 11 is 2.10. The van der Waals surface area contributed by atoms with Crippen LogP contribution in [0.5, 0.6) is 0 Å². The molecule has 4 atom stereocenters. The smallest absolute Gasteiger partial charge is 0.0217 e. The van der Waals surface area contributed by atoms with Crippen molar-refractivity contribution in [3.63, 3.8) is 0 Å². The number of hydrogen-bond acceptors (Lipinski definition) is 3. The van der Waals surface area contributed by atoms with E-state index in [1.54, 1.807) is 0 Å². The van der Waals surface area contributed by atoms with Crippen LogP contribution < -0.4 is 5.32 Å². The first-order chi connectivity index (χ1) is 8.76. The third-order valence-corrected chi connectivity index (χ3v) is 5.97. The molecule has 2 nitrogen and oxygen atoms in total. The van der Waals surface area contributed by atoms with Crippen molar-refractivity contribution in [1.82, 2.24) is 10.2 Å². The molecule has 1 heterocycles. The summed E-state index contributed by atoms with van der Waals surface area (Å²) in [6.45, 7) is 7.09. The van der Waals surface area contributed by atoms with Gasteiger partial charge in [-0.05, 0) is 45.4 Å². The summed E-state index contributed by atoms with van der Waals surface area (Å²) < 4.78 is 0. The van der Waals surface area contributed by atoms with Crippen LogP contribution in [0.4, 0.5) is 0 Å². The van der Waals surface area contributed by atoms with Gasteiger partial charge in [-0.15, -0.1) is 0 Å². The van der Waals surface area contributed by atoms with Gasteiger partial charge in [-0.1, -0.05) is 19.8 Å². The Morgan fingerprint density at radius 1 is 1.22 bits per heavy atom. The molecule has 0 aromatic heterocycles. The highest BCUT2D eigenvalue weighted by Gasteiger charge is 2.35. The maximum absolute atomic E-state index is 3.63. The fourth-order valence-electron chi connectivity index (χ4n) is 3.89. The lowest BCUT2D eigenvalue weighted by molar-refractivity contribution is 0.0716. The molecule has 0 bridgehead atoms. The zero-order chi connectivity index (χ0) is 13.0. The Hall–Kier alpha value is 0.270. The molecule has 106 valence electrons. The van der Waals surface area contributed by atoms with E-state index in [4.69, 9.17) is 0 Å². The predicted octanol–water partition coefficient (Wildman–Crippen LogP) is 3.12. The van der Waals surface area contributed by atoms with E-state index in [-0.39, 0.29) is 0 Å². The molecule has 2 fully saturated rings. The summed E-state index contributed by atoms with van der Waals surface area (Å²) in [4.78, 5) is 2.83. The Balaban J connectivity index is 1.92. The molecule has 1 saturated heterocycles. The fourth-order valence-corrected chi connectivity index (χ4v) is 4.90. The van der Waals surface area contributed by atoms with Crippen molar-refractivity contribution in [3.05, 3.63) is 0 Å². The van der Waals surface area contributed by atoms with Gasteiger partial charge in [0, 0.05) is 29.9 Å². The number of nitrogens with zero attached hydrogens (tertiary/aromatic N) is 1. The minimum Gasteiger partial charge on any atom is -0.314 e. The Morgan fingerprint density at radius 3 is 2.67 bits per heavy atom. The van der Waals surface area contributed by atoms with Crippen LogP contribution in [0.25, 0.3) is 0 Å². The van der Waals surface area contributed by atoms with Crippen LogP contribution in [0.1, 0.15) is 52.4 Å². The summed E-state index contributed by atoms with van der Waals surface area (Å²) in [5.74, 6) is 0. The van der Waals surface area contributed by atoms with Gasteiger partial charge < -0.3 is 5.32 Å². The monoisotopic (exact) mass is 270 g/mol. The molecule has 1 aliphatic heterocycles. The van der Waals surface area contributed by atoms with Crippen molar-refractivity contribution in [2.45, 2.75) is 75.7 Å². The maximum Gasteiger partial charge on any atom is 0.0217 e. The molecule has 4 unspecified atom stereocenters. The summed E-state index contributed by atoms with van der Waals surface area (Å²) in [6, 6.07) is 2.38. The lowest BCUT2D eigenvalue weighted by Crippen LogP contribution is -2.54. The molecule has 2 rings (SSSR count). The zero-order valence-corrected chi connectivity index (χ0v) is 13.1. The molecular formula is C15H30N2S. The van der Waals surface area contributed by atoms with Crippen LogP contribution in [-0.4, -0.2) is 47.6 Å². The standard InChI is InChI=1S/C15H30N2S/c1-4-16-13-9-10-17(12(2)11-13)14-7-5-6-8-15(14)18-3/h12-16H,4-11H2,1-3H3. The van der Waals surface area contributed by atoms with Crippen LogP contribution in [0, 0.1) is 0 Å². The Labute approximate surface area is 117 Å². The first-order valence-corrected chi connectivity index (χ1v) is 9.07. The van der Waals surface area contributed by atoms with E-state index < -0.39 is 0 Å². The molecule has 0 aromatic rings. The Kier molecular flexibility index (Phi) is 5.84. The van der Waals surface area contributed by atoms with Crippen LogP contribution in [0.3, 0.4) is 0 Å². The molecule has 0 radical (unpaired) electrons. The number of likely N-dealkylation sites (tertiary alicyclic amines) is 1. The second kappa shape index (κ2) is 7.16. The largest absolute Gasteiger partial charge is 0.314 e. The van der Waals surface area contributed by atoms with Gasteiger partial charge in [-0.2, -0.15) is 11.8 Å². The third kappa shape index (κ3) is 3.43. The number of piperidine rings is 1. The number of nitrogens with one attached hydrogen (secondary N) is 1. The lowest BCUT2D eigenvalue weighted by Gasteiger charge is -2.46. The van der Waals surface area contributed by atoms with Gasteiger partial charge >= 0.3 is 0 Å². The third-order valence-electron chi connectivity index (χ3n) is 4.82. The molecule has 18 heavy (non-hydrogen) atoms. The first kappa shape index (κ1) is 14.7. The van der Waals surface area contributed by atoms with Gasteiger partial charge in [-0.25, -0.2) is 0 Å². The van der Waals surface area contributed by atoms with Gasteiger partial charge in [0.15, 0.2) is 0 Å². The van der Waals surface area contributed by atoms with Crippen molar-refractivity contribution in [2.75, 3.05) is 19.3 Å². The van der Waals surface area contributed by atoms with Crippen molar-refractivity contribution >= 4 is 11.8 Å². The minimum atomic E-state index is 0.762. The van der Waals surface area contributed by atoms with Gasteiger partial charge in [0.2, 0.25) is 0 Å². The normalized spacial score (nSPS) is 38.8. The zero-order valence-electron chi connectivity index (χ0n) is 12.3. The Bertz CT molecular complexity index is 247. The van der Waals surface area contributed by atoms with Crippen molar-refractivity contribution < 1.29 is 0 Å². The van der Waals surface area contributed by atoms with Crippen LogP contribution in [0.2, 0.25) is 0 Å². The van der Waals surface area contributed by atoms with E-state index in [1.807, 2.05) is 0 Å². The number of hydrogen-bond donors (Lipinski definition) is 1. The SMILES string of the molecule is CCNC1CCN(C2CCCCC2SC)C(C)C1. The minimum absolute atomic E-state index is 0.762. The average Bonchev–Trinajstić information content (AvgIpc) is 2.39. The average molecular weight is 270 g/mol. The molecule has 1 aliphatic carbocycles. The molecule has 1 saturated carbocycles. The van der Waals surface area contributed by atoms with Crippen LogP contribution >= 0.6 is 11.8 Å². The molecule has 0 spiro atoms. The molecule has 3 heteroatoms. The van der Waals surface area contributed by atoms with E-state index in [2.05, 4.69) is 42.1 Å². The van der Waals surface area contributed by atoms with Crippen LogP contribution in [0.15, 0.2) is 0 Å². The lowest BCUT2D eigenvalue weighted by atomic mass is 9.89. The number of rotatable bonds is 4. The van der Waals surface area contributed by atoms with Crippen molar-refractivity contribution in [1.29, 1.82) is 0 Å². The second-order valence-electron chi connectivity index (χ2n) is 5.99. The molecule has 0 amide bonds. The molecule has 1 N–H and O–H groups in total. The highest BCUT2D eigenvalue weighted by Crippen LogP contribution is 2.34. The maximum atomic E-state index is 3.63. The van der Waals surface area contributed by atoms with Gasteiger partial charge in [0.1, 0.15) is 0 Å². The second-order valence-corrected chi connectivity index (χ2v) is 7.07. The van der Waals surface area contributed by atoms with E-state index in [0.29, 0.717) is 0 Å². The van der Waals surface area contributed by atoms with Gasteiger partial charge in [0.05, 0.1) is 0 Å². The van der Waals surface area contributed by atoms with E-state index in [0.717, 1.165) is 29.9 Å². The topological polar surface area (TPSA) is 15.3 Å². The predicted molar refractivity (Wildman–Crippen MR) is 82.4 cm³/mol.